The normalized spacial score (nSPS) is 9.80. The van der Waals surface area contributed by atoms with Gasteiger partial charge in [-0.05, 0) is 12.1 Å². The average molecular weight is 215 g/mol. The summed E-state index contributed by atoms with van der Waals surface area (Å²) in [6, 6.07) is 1.43. The van der Waals surface area contributed by atoms with E-state index in [0.717, 1.165) is 13.0 Å². The summed E-state index contributed by atoms with van der Waals surface area (Å²) >= 11 is 0. The molecule has 1 aromatic rings. The Labute approximate surface area is 83.5 Å². The minimum atomic E-state index is -1.64. The van der Waals surface area contributed by atoms with Crippen LogP contribution in [0.25, 0.3) is 0 Å². The molecule has 0 bridgehead atoms. The van der Waals surface area contributed by atoms with E-state index in [2.05, 4.69) is 0 Å². The van der Waals surface area contributed by atoms with Crippen LogP contribution < -0.4 is 5.32 Å². The van der Waals surface area contributed by atoms with E-state index in [1.165, 1.54) is 0 Å². The zero-order valence-electron chi connectivity index (χ0n) is 7.67. The summed E-state index contributed by atoms with van der Waals surface area (Å²) in [5.74, 6) is -4.42. The van der Waals surface area contributed by atoms with E-state index in [9.17, 15) is 18.4 Å². The molecular formula is C9H7F2NO3. The van der Waals surface area contributed by atoms with Gasteiger partial charge < -0.3 is 10.4 Å². The molecule has 6 heteroatoms. The Morgan fingerprint density at radius 3 is 2.27 bits per heavy atom. The molecule has 0 fully saturated rings. The third-order valence-corrected chi connectivity index (χ3v) is 1.62. The van der Waals surface area contributed by atoms with Crippen molar-refractivity contribution in [2.75, 3.05) is 5.32 Å². The number of carboxylic acids is 1. The van der Waals surface area contributed by atoms with Crippen LogP contribution in [0.4, 0.5) is 14.5 Å². The van der Waals surface area contributed by atoms with Gasteiger partial charge in [0, 0.05) is 6.92 Å². The van der Waals surface area contributed by atoms with Gasteiger partial charge in [0.2, 0.25) is 5.91 Å². The van der Waals surface area contributed by atoms with Crippen molar-refractivity contribution in [1.82, 2.24) is 0 Å². The number of benzene rings is 1. The molecule has 0 heterocycles. The van der Waals surface area contributed by atoms with Crippen LogP contribution >= 0.6 is 0 Å². The van der Waals surface area contributed by atoms with E-state index in [1.807, 2.05) is 5.32 Å². The molecule has 0 aliphatic carbocycles. The highest BCUT2D eigenvalue weighted by atomic mass is 19.1. The Hall–Kier alpha value is -1.98. The van der Waals surface area contributed by atoms with Gasteiger partial charge >= 0.3 is 5.97 Å². The number of aromatic carboxylic acids is 1. The maximum atomic E-state index is 13.1. The van der Waals surface area contributed by atoms with Crippen molar-refractivity contribution in [3.8, 4) is 0 Å². The van der Waals surface area contributed by atoms with Crippen LogP contribution in [-0.4, -0.2) is 17.0 Å². The number of hydrogen-bond donors (Lipinski definition) is 2. The lowest BCUT2D eigenvalue weighted by Gasteiger charge is -2.08. The highest BCUT2D eigenvalue weighted by Crippen LogP contribution is 2.22. The van der Waals surface area contributed by atoms with E-state index in [1.54, 1.807) is 0 Å². The molecule has 2 N–H and O–H groups in total. The van der Waals surface area contributed by atoms with Crippen molar-refractivity contribution in [2.24, 2.45) is 0 Å². The lowest BCUT2D eigenvalue weighted by atomic mass is 10.1. The molecule has 0 saturated heterocycles. The highest BCUT2D eigenvalue weighted by Gasteiger charge is 2.20. The van der Waals surface area contributed by atoms with Crippen LogP contribution in [0, 0.1) is 11.6 Å². The number of carbonyl (C=O) groups excluding carboxylic acids is 1. The van der Waals surface area contributed by atoms with Gasteiger partial charge in [0.1, 0.15) is 17.2 Å². The molecule has 0 atom stereocenters. The molecule has 0 saturated carbocycles. The van der Waals surface area contributed by atoms with Crippen molar-refractivity contribution in [1.29, 1.82) is 0 Å². The number of carbonyl (C=O) groups is 2. The molecule has 0 spiro atoms. The van der Waals surface area contributed by atoms with Crippen LogP contribution in [0.15, 0.2) is 12.1 Å². The second kappa shape index (κ2) is 4.04. The molecule has 0 unspecified atom stereocenters. The maximum Gasteiger partial charge on any atom is 0.340 e. The van der Waals surface area contributed by atoms with Crippen LogP contribution in [-0.2, 0) is 4.79 Å². The predicted octanol–water partition coefficient (Wildman–Crippen LogP) is 1.62. The fraction of sp³-hybridized carbons (Fsp3) is 0.111. The highest BCUT2D eigenvalue weighted by molar-refractivity contribution is 6.00. The van der Waals surface area contributed by atoms with Gasteiger partial charge in [-0.3, -0.25) is 4.79 Å². The molecule has 4 nitrogen and oxygen atoms in total. The second-order valence-electron chi connectivity index (χ2n) is 2.77. The number of hydrogen-bond acceptors (Lipinski definition) is 2. The quantitative estimate of drug-likeness (QED) is 0.787. The molecular weight excluding hydrogens is 208 g/mol. The van der Waals surface area contributed by atoms with E-state index in [-0.39, 0.29) is 0 Å². The fourth-order valence-electron chi connectivity index (χ4n) is 1.06. The monoisotopic (exact) mass is 215 g/mol. The summed E-state index contributed by atoms with van der Waals surface area (Å²) in [5, 5.41) is 10.6. The molecule has 0 aliphatic heterocycles. The molecule has 80 valence electrons. The summed E-state index contributed by atoms with van der Waals surface area (Å²) in [6.07, 6.45) is 0. The number of anilines is 1. The molecule has 1 rings (SSSR count). The Morgan fingerprint density at radius 1 is 1.27 bits per heavy atom. The molecule has 1 amide bonds. The van der Waals surface area contributed by atoms with Gasteiger partial charge in [-0.15, -0.1) is 0 Å². The van der Waals surface area contributed by atoms with Crippen molar-refractivity contribution in [2.45, 2.75) is 6.92 Å². The van der Waals surface area contributed by atoms with Crippen molar-refractivity contribution < 1.29 is 23.5 Å². The minimum Gasteiger partial charge on any atom is -0.478 e. The lowest BCUT2D eigenvalue weighted by Crippen LogP contribution is -2.14. The average Bonchev–Trinajstić information content (AvgIpc) is 2.10. The fourth-order valence-corrected chi connectivity index (χ4v) is 1.06. The van der Waals surface area contributed by atoms with Gasteiger partial charge in [-0.2, -0.15) is 0 Å². The first-order valence-corrected chi connectivity index (χ1v) is 3.92. The molecule has 1 aromatic carbocycles. The number of rotatable bonds is 2. The van der Waals surface area contributed by atoms with Crippen LogP contribution in [0.5, 0.6) is 0 Å². The summed E-state index contributed by atoms with van der Waals surface area (Å²) in [7, 11) is 0. The Bertz CT molecular complexity index is 432. The van der Waals surface area contributed by atoms with Crippen molar-refractivity contribution >= 4 is 17.6 Å². The van der Waals surface area contributed by atoms with Crippen molar-refractivity contribution in [3.63, 3.8) is 0 Å². The third-order valence-electron chi connectivity index (χ3n) is 1.62. The number of amides is 1. The van der Waals surface area contributed by atoms with Gasteiger partial charge in [-0.25, -0.2) is 13.6 Å². The third kappa shape index (κ3) is 2.28. The summed E-state index contributed by atoms with van der Waals surface area (Å²) in [5.41, 5.74) is -1.54. The lowest BCUT2D eigenvalue weighted by molar-refractivity contribution is -0.114. The Balaban J connectivity index is 3.38. The first kappa shape index (κ1) is 11.1. The number of carboxylic acid groups (broad SMARTS) is 1. The largest absolute Gasteiger partial charge is 0.478 e. The van der Waals surface area contributed by atoms with Crippen LogP contribution in [0.3, 0.4) is 0 Å². The standard InChI is InChI=1S/C9H7F2NO3/c1-4(13)12-8-6(11)3-2-5(10)7(8)9(14)15/h2-3H,1H3,(H,12,13)(H,14,15). The second-order valence-corrected chi connectivity index (χ2v) is 2.77. The smallest absolute Gasteiger partial charge is 0.340 e. The van der Waals surface area contributed by atoms with Gasteiger partial charge in [0.05, 0.1) is 5.69 Å². The topological polar surface area (TPSA) is 66.4 Å². The predicted molar refractivity (Wildman–Crippen MR) is 47.6 cm³/mol. The minimum absolute atomic E-state index is 0.657. The molecule has 0 aromatic heterocycles. The van der Waals surface area contributed by atoms with E-state index in [0.29, 0.717) is 6.07 Å². The maximum absolute atomic E-state index is 13.1. The SMILES string of the molecule is CC(=O)Nc1c(F)ccc(F)c1C(=O)O. The Kier molecular flexibility index (Phi) is 2.99. The Morgan fingerprint density at radius 2 is 1.80 bits per heavy atom. The number of halogens is 2. The van der Waals surface area contributed by atoms with Gasteiger partial charge in [0.25, 0.3) is 0 Å². The summed E-state index contributed by atoms with van der Waals surface area (Å²) in [4.78, 5) is 21.3. The molecule has 0 aliphatic rings. The summed E-state index contributed by atoms with van der Waals surface area (Å²) < 4.78 is 26.1. The summed E-state index contributed by atoms with van der Waals surface area (Å²) in [6.45, 7) is 1.07. The van der Waals surface area contributed by atoms with E-state index in [4.69, 9.17) is 5.11 Å². The first-order valence-electron chi connectivity index (χ1n) is 3.92. The number of nitrogens with one attached hydrogen (secondary N) is 1. The van der Waals surface area contributed by atoms with Crippen LogP contribution in [0.2, 0.25) is 0 Å². The molecule has 15 heavy (non-hydrogen) atoms. The van der Waals surface area contributed by atoms with Gasteiger partial charge in [0.15, 0.2) is 0 Å². The first-order chi connectivity index (χ1) is 6.93. The van der Waals surface area contributed by atoms with Crippen molar-refractivity contribution in [3.05, 3.63) is 29.3 Å². The zero-order chi connectivity index (χ0) is 11.6. The van der Waals surface area contributed by atoms with E-state index >= 15 is 0 Å². The zero-order valence-corrected chi connectivity index (χ0v) is 7.67. The van der Waals surface area contributed by atoms with E-state index < -0.39 is 34.8 Å². The van der Waals surface area contributed by atoms with Gasteiger partial charge in [-0.1, -0.05) is 0 Å². The molecule has 0 radical (unpaired) electrons. The van der Waals surface area contributed by atoms with Crippen LogP contribution in [0.1, 0.15) is 17.3 Å².